The predicted octanol–water partition coefficient (Wildman–Crippen LogP) is 2.97. The second kappa shape index (κ2) is 5.68. The smallest absolute Gasteiger partial charge is 0.273 e. The van der Waals surface area contributed by atoms with Crippen LogP contribution in [0.1, 0.15) is 36.2 Å². The van der Waals surface area contributed by atoms with Crippen molar-refractivity contribution in [1.82, 2.24) is 9.88 Å². The maximum Gasteiger partial charge on any atom is 0.273 e. The van der Waals surface area contributed by atoms with Gasteiger partial charge in [-0.15, -0.1) is 0 Å². The van der Waals surface area contributed by atoms with Crippen molar-refractivity contribution in [3.05, 3.63) is 35.9 Å². The molecule has 0 atom stereocenters. The maximum atomic E-state index is 13.9. The van der Waals surface area contributed by atoms with Crippen molar-refractivity contribution >= 4 is 22.4 Å². The van der Waals surface area contributed by atoms with Gasteiger partial charge in [-0.05, 0) is 31.0 Å². The van der Waals surface area contributed by atoms with E-state index >= 15 is 0 Å². The Morgan fingerprint density at radius 1 is 1.14 bits per heavy atom. The van der Waals surface area contributed by atoms with Gasteiger partial charge < -0.3 is 10.6 Å². The topological polar surface area (TPSA) is 59.2 Å². The first-order chi connectivity index (χ1) is 10.2. The first-order valence-corrected chi connectivity index (χ1v) is 7.30. The molecule has 3 rings (SSSR count). The number of rotatable bonds is 1. The Morgan fingerprint density at radius 2 is 1.86 bits per heavy atom. The SMILES string of the molecule is Nc1ccc(F)c2ccnc(C(=O)N3CCCCCC3)c12. The fourth-order valence-corrected chi connectivity index (χ4v) is 2.87. The number of carbonyl (C=O) groups is 1. The van der Waals surface area contributed by atoms with Crippen LogP contribution in [0.15, 0.2) is 24.4 Å². The second-order valence-electron chi connectivity index (χ2n) is 5.43. The monoisotopic (exact) mass is 287 g/mol. The van der Waals surface area contributed by atoms with Crippen molar-refractivity contribution in [1.29, 1.82) is 0 Å². The van der Waals surface area contributed by atoms with Crippen molar-refractivity contribution < 1.29 is 9.18 Å². The highest BCUT2D eigenvalue weighted by Crippen LogP contribution is 2.27. The molecule has 1 aliphatic rings. The summed E-state index contributed by atoms with van der Waals surface area (Å²) in [5.41, 5.74) is 6.59. The van der Waals surface area contributed by atoms with E-state index in [2.05, 4.69) is 4.98 Å². The molecule has 21 heavy (non-hydrogen) atoms. The van der Waals surface area contributed by atoms with Crippen LogP contribution in [0.3, 0.4) is 0 Å². The van der Waals surface area contributed by atoms with E-state index in [-0.39, 0.29) is 17.4 Å². The quantitative estimate of drug-likeness (QED) is 0.820. The highest BCUT2D eigenvalue weighted by Gasteiger charge is 2.22. The zero-order chi connectivity index (χ0) is 14.8. The summed E-state index contributed by atoms with van der Waals surface area (Å²) in [6.45, 7) is 1.46. The third-order valence-electron chi connectivity index (χ3n) is 4.00. The molecule has 2 aromatic rings. The third-order valence-corrected chi connectivity index (χ3v) is 4.00. The number of pyridine rings is 1. The zero-order valence-electron chi connectivity index (χ0n) is 11.8. The maximum absolute atomic E-state index is 13.9. The van der Waals surface area contributed by atoms with Crippen molar-refractivity contribution in [3.63, 3.8) is 0 Å². The summed E-state index contributed by atoms with van der Waals surface area (Å²) in [4.78, 5) is 18.7. The molecule has 0 spiro atoms. The number of nitrogens with two attached hydrogens (primary N) is 1. The molecule has 0 aliphatic carbocycles. The molecule has 1 aromatic heterocycles. The Hall–Kier alpha value is -2.17. The first kappa shape index (κ1) is 13.8. The van der Waals surface area contributed by atoms with Crippen LogP contribution in [0.2, 0.25) is 0 Å². The van der Waals surface area contributed by atoms with Crippen LogP contribution in [0.4, 0.5) is 10.1 Å². The number of aromatic nitrogens is 1. The highest BCUT2D eigenvalue weighted by molar-refractivity contribution is 6.09. The van der Waals surface area contributed by atoms with Gasteiger partial charge in [0, 0.05) is 35.7 Å². The van der Waals surface area contributed by atoms with E-state index in [0.29, 0.717) is 16.5 Å². The number of hydrogen-bond acceptors (Lipinski definition) is 3. The molecule has 0 saturated carbocycles. The van der Waals surface area contributed by atoms with Crippen LogP contribution in [-0.2, 0) is 0 Å². The van der Waals surface area contributed by atoms with Crippen LogP contribution in [0, 0.1) is 5.82 Å². The number of nitrogens with zero attached hydrogens (tertiary/aromatic N) is 2. The van der Waals surface area contributed by atoms with Crippen LogP contribution in [-0.4, -0.2) is 28.9 Å². The second-order valence-corrected chi connectivity index (χ2v) is 5.43. The molecule has 110 valence electrons. The van der Waals surface area contributed by atoms with Crippen LogP contribution in [0.25, 0.3) is 10.8 Å². The molecule has 1 fully saturated rings. The number of likely N-dealkylation sites (tertiary alicyclic amines) is 1. The van der Waals surface area contributed by atoms with E-state index < -0.39 is 0 Å². The van der Waals surface area contributed by atoms with Gasteiger partial charge in [0.25, 0.3) is 5.91 Å². The number of hydrogen-bond donors (Lipinski definition) is 1. The molecule has 2 heterocycles. The summed E-state index contributed by atoms with van der Waals surface area (Å²) in [6, 6.07) is 4.36. The van der Waals surface area contributed by atoms with Gasteiger partial charge in [0.2, 0.25) is 0 Å². The fraction of sp³-hybridized carbons (Fsp3) is 0.375. The number of fused-ring (bicyclic) bond motifs is 1. The fourth-order valence-electron chi connectivity index (χ4n) is 2.87. The van der Waals surface area contributed by atoms with Gasteiger partial charge in [0.1, 0.15) is 11.5 Å². The highest BCUT2D eigenvalue weighted by atomic mass is 19.1. The molecule has 0 unspecified atom stereocenters. The lowest BCUT2D eigenvalue weighted by atomic mass is 10.1. The number of benzene rings is 1. The average Bonchev–Trinajstić information content (AvgIpc) is 2.79. The number of carbonyl (C=O) groups excluding carboxylic acids is 1. The molecular weight excluding hydrogens is 269 g/mol. The standard InChI is InChI=1S/C16H18FN3O/c17-12-5-6-13(18)14-11(12)7-8-19-15(14)16(21)20-9-3-1-2-4-10-20/h5-8H,1-4,9-10,18H2. The Morgan fingerprint density at radius 3 is 2.57 bits per heavy atom. The summed E-state index contributed by atoms with van der Waals surface area (Å²) >= 11 is 0. The summed E-state index contributed by atoms with van der Waals surface area (Å²) < 4.78 is 13.9. The Labute approximate surface area is 122 Å². The molecule has 4 nitrogen and oxygen atoms in total. The lowest BCUT2D eigenvalue weighted by Gasteiger charge is -2.20. The predicted molar refractivity (Wildman–Crippen MR) is 80.5 cm³/mol. The summed E-state index contributed by atoms with van der Waals surface area (Å²) in [6.07, 6.45) is 5.75. The minimum atomic E-state index is -0.383. The first-order valence-electron chi connectivity index (χ1n) is 7.30. The molecule has 5 heteroatoms. The Bertz CT molecular complexity index is 679. The average molecular weight is 287 g/mol. The molecule has 1 aromatic carbocycles. The molecule has 2 N–H and O–H groups in total. The lowest BCUT2D eigenvalue weighted by Crippen LogP contribution is -2.32. The largest absolute Gasteiger partial charge is 0.398 e. The van der Waals surface area contributed by atoms with E-state index in [9.17, 15) is 9.18 Å². The van der Waals surface area contributed by atoms with E-state index in [1.807, 2.05) is 0 Å². The van der Waals surface area contributed by atoms with Crippen molar-refractivity contribution in [2.45, 2.75) is 25.7 Å². The molecule has 0 bridgehead atoms. The van der Waals surface area contributed by atoms with Crippen molar-refractivity contribution in [3.8, 4) is 0 Å². The normalized spacial score (nSPS) is 16.0. The number of halogens is 1. The molecule has 1 aliphatic heterocycles. The van der Waals surface area contributed by atoms with Crippen LogP contribution >= 0.6 is 0 Å². The van der Waals surface area contributed by atoms with E-state index in [0.717, 1.165) is 38.8 Å². The van der Waals surface area contributed by atoms with Gasteiger partial charge in [-0.2, -0.15) is 0 Å². The molecule has 1 saturated heterocycles. The summed E-state index contributed by atoms with van der Waals surface area (Å²) in [5, 5.41) is 0.773. The van der Waals surface area contributed by atoms with Gasteiger partial charge in [-0.25, -0.2) is 4.39 Å². The van der Waals surface area contributed by atoms with Gasteiger partial charge in [0.05, 0.1) is 0 Å². The Balaban J connectivity index is 2.07. The molecule has 1 amide bonds. The van der Waals surface area contributed by atoms with Crippen molar-refractivity contribution in [2.24, 2.45) is 0 Å². The molecule has 0 radical (unpaired) electrons. The minimum absolute atomic E-state index is 0.153. The molecular formula is C16H18FN3O. The lowest BCUT2D eigenvalue weighted by molar-refractivity contribution is 0.0758. The zero-order valence-corrected chi connectivity index (χ0v) is 11.8. The van der Waals surface area contributed by atoms with E-state index in [1.165, 1.54) is 18.3 Å². The van der Waals surface area contributed by atoms with Crippen molar-refractivity contribution in [2.75, 3.05) is 18.8 Å². The summed E-state index contributed by atoms with van der Waals surface area (Å²) in [7, 11) is 0. The van der Waals surface area contributed by atoms with Gasteiger partial charge in [-0.1, -0.05) is 12.8 Å². The summed E-state index contributed by atoms with van der Waals surface area (Å²) in [5.74, 6) is -0.536. The van der Waals surface area contributed by atoms with Crippen LogP contribution in [0.5, 0.6) is 0 Å². The van der Waals surface area contributed by atoms with Gasteiger partial charge in [-0.3, -0.25) is 9.78 Å². The van der Waals surface area contributed by atoms with E-state index in [1.54, 1.807) is 11.0 Å². The number of nitrogen functional groups attached to an aromatic ring is 1. The number of amides is 1. The number of anilines is 1. The van der Waals surface area contributed by atoms with E-state index in [4.69, 9.17) is 5.73 Å². The minimum Gasteiger partial charge on any atom is -0.398 e. The van der Waals surface area contributed by atoms with Gasteiger partial charge >= 0.3 is 0 Å². The Kier molecular flexibility index (Phi) is 3.73. The third kappa shape index (κ3) is 2.55. The van der Waals surface area contributed by atoms with Gasteiger partial charge in [0.15, 0.2) is 0 Å². The van der Waals surface area contributed by atoms with Crippen LogP contribution < -0.4 is 5.73 Å².